The van der Waals surface area contributed by atoms with Gasteiger partial charge >= 0.3 is 0 Å². The van der Waals surface area contributed by atoms with Gasteiger partial charge in [-0.2, -0.15) is 0 Å². The van der Waals surface area contributed by atoms with Gasteiger partial charge in [-0.1, -0.05) is 34.1 Å². The van der Waals surface area contributed by atoms with Crippen LogP contribution in [0.4, 0.5) is 4.39 Å². The molecule has 0 radical (unpaired) electrons. The summed E-state index contributed by atoms with van der Waals surface area (Å²) in [6.45, 7) is 5.28. The van der Waals surface area contributed by atoms with Gasteiger partial charge in [-0.3, -0.25) is 0 Å². The van der Waals surface area contributed by atoms with E-state index in [1.807, 2.05) is 32.0 Å². The minimum Gasteiger partial charge on any atom is -0.381 e. The molecule has 1 nitrogen and oxygen atoms in total. The SMILES string of the molecule is Cc1cc(C)c(C(C)(O)c2cccc(Br)c2)c(F)c1. The van der Waals surface area contributed by atoms with Gasteiger partial charge in [0.1, 0.15) is 11.4 Å². The molecule has 3 heteroatoms. The van der Waals surface area contributed by atoms with Gasteiger partial charge in [0, 0.05) is 10.0 Å². The highest BCUT2D eigenvalue weighted by atomic mass is 79.9. The average Bonchev–Trinajstić information content (AvgIpc) is 2.26. The Morgan fingerprint density at radius 3 is 2.42 bits per heavy atom. The number of hydrogen-bond donors (Lipinski definition) is 1. The zero-order valence-electron chi connectivity index (χ0n) is 11.2. The summed E-state index contributed by atoms with van der Waals surface area (Å²) in [6.07, 6.45) is 0. The van der Waals surface area contributed by atoms with Crippen molar-refractivity contribution in [3.05, 3.63) is 68.9 Å². The Kier molecular flexibility index (Phi) is 3.79. The molecule has 0 aliphatic carbocycles. The summed E-state index contributed by atoms with van der Waals surface area (Å²) >= 11 is 3.37. The van der Waals surface area contributed by atoms with E-state index in [2.05, 4.69) is 15.9 Å². The minimum absolute atomic E-state index is 0.330. The summed E-state index contributed by atoms with van der Waals surface area (Å²) < 4.78 is 15.1. The van der Waals surface area contributed by atoms with E-state index in [0.29, 0.717) is 11.1 Å². The minimum atomic E-state index is -1.36. The molecule has 0 aromatic heterocycles. The van der Waals surface area contributed by atoms with Gasteiger partial charge in [-0.15, -0.1) is 0 Å². The van der Waals surface area contributed by atoms with Gasteiger partial charge in [-0.05, 0) is 55.7 Å². The maximum Gasteiger partial charge on any atom is 0.130 e. The van der Waals surface area contributed by atoms with Gasteiger partial charge in [0.05, 0.1) is 0 Å². The van der Waals surface area contributed by atoms with Crippen molar-refractivity contribution in [3.63, 3.8) is 0 Å². The van der Waals surface area contributed by atoms with Crippen molar-refractivity contribution in [2.24, 2.45) is 0 Å². The van der Waals surface area contributed by atoms with Gasteiger partial charge < -0.3 is 5.11 Å². The highest BCUT2D eigenvalue weighted by Gasteiger charge is 2.30. The number of benzene rings is 2. The lowest BCUT2D eigenvalue weighted by molar-refractivity contribution is 0.0971. The van der Waals surface area contributed by atoms with Gasteiger partial charge in [0.25, 0.3) is 0 Å². The van der Waals surface area contributed by atoms with Crippen LogP contribution in [0, 0.1) is 19.7 Å². The summed E-state index contributed by atoms with van der Waals surface area (Å²) in [5.41, 5.74) is 1.24. The van der Waals surface area contributed by atoms with Gasteiger partial charge in [-0.25, -0.2) is 4.39 Å². The molecule has 2 aromatic rings. The average molecular weight is 323 g/mol. The van der Waals surface area contributed by atoms with Crippen LogP contribution in [0.15, 0.2) is 40.9 Å². The molecule has 0 amide bonds. The van der Waals surface area contributed by atoms with Gasteiger partial charge in [0.2, 0.25) is 0 Å². The quantitative estimate of drug-likeness (QED) is 0.865. The van der Waals surface area contributed by atoms with Crippen LogP contribution in [0.2, 0.25) is 0 Å². The lowest BCUT2D eigenvalue weighted by Gasteiger charge is -2.27. The van der Waals surface area contributed by atoms with E-state index in [-0.39, 0.29) is 5.82 Å². The van der Waals surface area contributed by atoms with E-state index >= 15 is 0 Å². The number of rotatable bonds is 2. The van der Waals surface area contributed by atoms with Crippen LogP contribution in [-0.4, -0.2) is 5.11 Å². The van der Waals surface area contributed by atoms with Crippen molar-refractivity contribution in [1.82, 2.24) is 0 Å². The molecule has 0 aliphatic rings. The second-order valence-electron chi connectivity index (χ2n) is 5.02. The molecule has 100 valence electrons. The third-order valence-corrected chi connectivity index (χ3v) is 3.80. The molecule has 2 aromatic carbocycles. The Bertz CT molecular complexity index is 597. The predicted octanol–water partition coefficient (Wildman–Crippen LogP) is 4.46. The number of aryl methyl sites for hydroxylation is 2. The van der Waals surface area contributed by atoms with Crippen molar-refractivity contribution in [2.45, 2.75) is 26.4 Å². The predicted molar refractivity (Wildman–Crippen MR) is 78.7 cm³/mol. The Balaban J connectivity index is 2.63. The maximum atomic E-state index is 14.2. The molecule has 0 spiro atoms. The highest BCUT2D eigenvalue weighted by Crippen LogP contribution is 2.34. The van der Waals surface area contributed by atoms with E-state index < -0.39 is 5.60 Å². The van der Waals surface area contributed by atoms with E-state index in [1.165, 1.54) is 6.07 Å². The Hall–Kier alpha value is -1.19. The van der Waals surface area contributed by atoms with Crippen LogP contribution in [0.5, 0.6) is 0 Å². The van der Waals surface area contributed by atoms with Crippen molar-refractivity contribution >= 4 is 15.9 Å². The molecule has 1 unspecified atom stereocenters. The summed E-state index contributed by atoms with van der Waals surface area (Å²) in [4.78, 5) is 0. The van der Waals surface area contributed by atoms with Crippen LogP contribution >= 0.6 is 15.9 Å². The Morgan fingerprint density at radius 2 is 1.84 bits per heavy atom. The molecular weight excluding hydrogens is 307 g/mol. The summed E-state index contributed by atoms with van der Waals surface area (Å²) in [6, 6.07) is 10.6. The van der Waals surface area contributed by atoms with E-state index in [9.17, 15) is 9.50 Å². The zero-order chi connectivity index (χ0) is 14.2. The van der Waals surface area contributed by atoms with Crippen molar-refractivity contribution in [3.8, 4) is 0 Å². The fraction of sp³-hybridized carbons (Fsp3) is 0.250. The third-order valence-electron chi connectivity index (χ3n) is 3.31. The molecule has 0 saturated heterocycles. The molecule has 19 heavy (non-hydrogen) atoms. The summed E-state index contributed by atoms with van der Waals surface area (Å²) in [5, 5.41) is 10.8. The first-order valence-electron chi connectivity index (χ1n) is 6.08. The standard InChI is InChI=1S/C16H16BrFO/c1-10-7-11(2)15(14(18)8-10)16(3,19)12-5-4-6-13(17)9-12/h4-9,19H,1-3H3. The molecule has 0 fully saturated rings. The molecule has 0 saturated carbocycles. The van der Waals surface area contributed by atoms with Crippen LogP contribution in [0.25, 0.3) is 0 Å². The normalized spacial score (nSPS) is 14.2. The van der Waals surface area contributed by atoms with E-state index in [0.717, 1.165) is 15.6 Å². The van der Waals surface area contributed by atoms with E-state index in [1.54, 1.807) is 19.1 Å². The number of halogens is 2. The monoisotopic (exact) mass is 322 g/mol. The molecule has 1 atom stereocenters. The Labute approximate surface area is 121 Å². The van der Waals surface area contributed by atoms with Crippen LogP contribution < -0.4 is 0 Å². The first-order valence-corrected chi connectivity index (χ1v) is 6.87. The molecule has 0 heterocycles. The van der Waals surface area contributed by atoms with Crippen molar-refractivity contribution in [1.29, 1.82) is 0 Å². The smallest absolute Gasteiger partial charge is 0.130 e. The second-order valence-corrected chi connectivity index (χ2v) is 5.94. The van der Waals surface area contributed by atoms with Crippen molar-refractivity contribution < 1.29 is 9.50 Å². The van der Waals surface area contributed by atoms with Crippen molar-refractivity contribution in [2.75, 3.05) is 0 Å². The zero-order valence-corrected chi connectivity index (χ0v) is 12.8. The first-order chi connectivity index (χ1) is 8.82. The third kappa shape index (κ3) is 2.72. The fourth-order valence-corrected chi connectivity index (χ4v) is 2.87. The fourth-order valence-electron chi connectivity index (χ4n) is 2.47. The number of aliphatic hydroxyl groups is 1. The first kappa shape index (κ1) is 14.2. The number of hydrogen-bond acceptors (Lipinski definition) is 1. The molecule has 0 aliphatic heterocycles. The second kappa shape index (κ2) is 5.06. The van der Waals surface area contributed by atoms with E-state index in [4.69, 9.17) is 0 Å². The molecule has 1 N–H and O–H groups in total. The highest BCUT2D eigenvalue weighted by molar-refractivity contribution is 9.10. The van der Waals surface area contributed by atoms with Crippen LogP contribution in [0.1, 0.15) is 29.2 Å². The maximum absolute atomic E-state index is 14.2. The largest absolute Gasteiger partial charge is 0.381 e. The van der Waals surface area contributed by atoms with Crippen LogP contribution in [-0.2, 0) is 5.60 Å². The Morgan fingerprint density at radius 1 is 1.16 bits per heavy atom. The lowest BCUT2D eigenvalue weighted by Crippen LogP contribution is -2.25. The molecule has 0 bridgehead atoms. The molecule has 2 rings (SSSR count). The van der Waals surface area contributed by atoms with Gasteiger partial charge in [0.15, 0.2) is 0 Å². The molecular formula is C16H16BrFO. The lowest BCUT2D eigenvalue weighted by atomic mass is 9.84. The van der Waals surface area contributed by atoms with Crippen LogP contribution in [0.3, 0.4) is 0 Å². The summed E-state index contributed by atoms with van der Waals surface area (Å²) in [5.74, 6) is -0.373. The topological polar surface area (TPSA) is 20.2 Å². The summed E-state index contributed by atoms with van der Waals surface area (Å²) in [7, 11) is 0.